The van der Waals surface area contributed by atoms with Gasteiger partial charge >= 0.3 is 0 Å². The van der Waals surface area contributed by atoms with Gasteiger partial charge in [-0.25, -0.2) is 0 Å². The number of amides is 1. The molecule has 108 valence electrons. The van der Waals surface area contributed by atoms with Gasteiger partial charge in [0.15, 0.2) is 5.78 Å². The van der Waals surface area contributed by atoms with Crippen molar-refractivity contribution in [3.8, 4) is 0 Å². The van der Waals surface area contributed by atoms with E-state index in [2.05, 4.69) is 0 Å². The Kier molecular flexibility index (Phi) is 4.94. The minimum absolute atomic E-state index is 0.0679. The van der Waals surface area contributed by atoms with Gasteiger partial charge in [-0.05, 0) is 19.3 Å². The Bertz CT molecular complexity index is 461. The van der Waals surface area contributed by atoms with Crippen molar-refractivity contribution in [1.29, 1.82) is 0 Å². The highest BCUT2D eigenvalue weighted by Crippen LogP contribution is 2.23. The maximum Gasteiger partial charge on any atom is 0.225 e. The predicted octanol–water partition coefficient (Wildman–Crippen LogP) is 3.15. The summed E-state index contributed by atoms with van der Waals surface area (Å²) in [6.07, 6.45) is 2.45. The molecule has 1 aromatic carbocycles. The SMILES string of the molecule is CCC(C)C(=O)N1CCC(C(=O)c2ccccc2)CC1. The van der Waals surface area contributed by atoms with Crippen LogP contribution in [0.15, 0.2) is 30.3 Å². The number of likely N-dealkylation sites (tertiary alicyclic amines) is 1. The number of ketones is 1. The van der Waals surface area contributed by atoms with Crippen molar-refractivity contribution in [3.05, 3.63) is 35.9 Å². The van der Waals surface area contributed by atoms with Crippen LogP contribution in [0.4, 0.5) is 0 Å². The fraction of sp³-hybridized carbons (Fsp3) is 0.529. The van der Waals surface area contributed by atoms with Crippen molar-refractivity contribution in [1.82, 2.24) is 4.90 Å². The molecule has 1 fully saturated rings. The number of piperidine rings is 1. The zero-order valence-corrected chi connectivity index (χ0v) is 12.3. The molecule has 1 amide bonds. The van der Waals surface area contributed by atoms with E-state index in [9.17, 15) is 9.59 Å². The average Bonchev–Trinajstić information content (AvgIpc) is 2.53. The van der Waals surface area contributed by atoms with Crippen molar-refractivity contribution in [2.45, 2.75) is 33.1 Å². The quantitative estimate of drug-likeness (QED) is 0.790. The first-order valence-electron chi connectivity index (χ1n) is 7.51. The van der Waals surface area contributed by atoms with Gasteiger partial charge in [0.05, 0.1) is 0 Å². The third kappa shape index (κ3) is 3.27. The van der Waals surface area contributed by atoms with Crippen molar-refractivity contribution in [3.63, 3.8) is 0 Å². The highest BCUT2D eigenvalue weighted by atomic mass is 16.2. The van der Waals surface area contributed by atoms with Gasteiger partial charge in [0.1, 0.15) is 0 Å². The highest BCUT2D eigenvalue weighted by Gasteiger charge is 2.29. The monoisotopic (exact) mass is 273 g/mol. The Morgan fingerprint density at radius 3 is 2.35 bits per heavy atom. The van der Waals surface area contributed by atoms with Gasteiger partial charge in [-0.2, -0.15) is 0 Å². The molecule has 1 unspecified atom stereocenters. The van der Waals surface area contributed by atoms with E-state index >= 15 is 0 Å². The summed E-state index contributed by atoms with van der Waals surface area (Å²) in [5.74, 6) is 0.620. The summed E-state index contributed by atoms with van der Waals surface area (Å²) >= 11 is 0. The molecule has 1 heterocycles. The number of benzene rings is 1. The molecule has 1 saturated heterocycles. The summed E-state index contributed by atoms with van der Waals surface area (Å²) in [6.45, 7) is 5.44. The predicted molar refractivity (Wildman–Crippen MR) is 79.5 cm³/mol. The number of Topliss-reactive ketones (excluding diaryl/α,β-unsaturated/α-hetero) is 1. The molecule has 0 radical (unpaired) electrons. The Morgan fingerprint density at radius 2 is 1.80 bits per heavy atom. The first kappa shape index (κ1) is 14.8. The minimum atomic E-state index is 0.0679. The second-order valence-electron chi connectivity index (χ2n) is 5.64. The smallest absolute Gasteiger partial charge is 0.225 e. The normalized spacial score (nSPS) is 17.8. The van der Waals surface area contributed by atoms with Crippen LogP contribution in [0.5, 0.6) is 0 Å². The van der Waals surface area contributed by atoms with Gasteiger partial charge in [0, 0.05) is 30.5 Å². The summed E-state index contributed by atoms with van der Waals surface area (Å²) in [7, 11) is 0. The van der Waals surface area contributed by atoms with Crippen LogP contribution in [0, 0.1) is 11.8 Å². The van der Waals surface area contributed by atoms with Crippen molar-refractivity contribution in [2.75, 3.05) is 13.1 Å². The second-order valence-corrected chi connectivity index (χ2v) is 5.64. The standard InChI is InChI=1S/C17H23NO2/c1-3-13(2)17(20)18-11-9-15(10-12-18)16(19)14-7-5-4-6-8-14/h4-8,13,15H,3,9-12H2,1-2H3. The van der Waals surface area contributed by atoms with Gasteiger partial charge in [0.25, 0.3) is 0 Å². The molecular formula is C17H23NO2. The molecule has 3 nitrogen and oxygen atoms in total. The highest BCUT2D eigenvalue weighted by molar-refractivity contribution is 5.98. The molecule has 3 heteroatoms. The largest absolute Gasteiger partial charge is 0.342 e. The molecule has 1 atom stereocenters. The van der Waals surface area contributed by atoms with E-state index < -0.39 is 0 Å². The summed E-state index contributed by atoms with van der Waals surface area (Å²) in [5, 5.41) is 0. The lowest BCUT2D eigenvalue weighted by atomic mass is 9.88. The average molecular weight is 273 g/mol. The van der Waals surface area contributed by atoms with Crippen LogP contribution in [0.25, 0.3) is 0 Å². The number of rotatable bonds is 4. The molecule has 0 aromatic heterocycles. The van der Waals surface area contributed by atoms with Crippen LogP contribution < -0.4 is 0 Å². The van der Waals surface area contributed by atoms with Crippen LogP contribution in [0.3, 0.4) is 0 Å². The topological polar surface area (TPSA) is 37.4 Å². The number of nitrogens with zero attached hydrogens (tertiary/aromatic N) is 1. The Balaban J connectivity index is 1.92. The van der Waals surface area contributed by atoms with Gasteiger partial charge in [-0.1, -0.05) is 44.2 Å². The lowest BCUT2D eigenvalue weighted by Crippen LogP contribution is -2.42. The first-order valence-corrected chi connectivity index (χ1v) is 7.51. The fourth-order valence-electron chi connectivity index (χ4n) is 2.69. The number of carbonyl (C=O) groups excluding carboxylic acids is 2. The van der Waals surface area contributed by atoms with E-state index in [1.54, 1.807) is 0 Å². The van der Waals surface area contributed by atoms with Crippen LogP contribution >= 0.6 is 0 Å². The summed E-state index contributed by atoms with van der Waals surface area (Å²) in [5.41, 5.74) is 0.791. The lowest BCUT2D eigenvalue weighted by molar-refractivity contribution is -0.136. The lowest BCUT2D eigenvalue weighted by Gasteiger charge is -2.33. The number of hydrogen-bond acceptors (Lipinski definition) is 2. The van der Waals surface area contributed by atoms with Crippen LogP contribution in [0.1, 0.15) is 43.5 Å². The van der Waals surface area contributed by atoms with Crippen LogP contribution in [0.2, 0.25) is 0 Å². The maximum absolute atomic E-state index is 12.4. The van der Waals surface area contributed by atoms with Crippen molar-refractivity contribution < 1.29 is 9.59 Å². The Morgan fingerprint density at radius 1 is 1.20 bits per heavy atom. The van der Waals surface area contributed by atoms with E-state index in [1.165, 1.54) is 0 Å². The van der Waals surface area contributed by atoms with E-state index in [4.69, 9.17) is 0 Å². The Labute approximate surface area is 121 Å². The molecule has 1 aliphatic heterocycles. The number of carbonyl (C=O) groups is 2. The Hall–Kier alpha value is -1.64. The zero-order valence-electron chi connectivity index (χ0n) is 12.3. The van der Waals surface area contributed by atoms with E-state index in [0.29, 0.717) is 13.1 Å². The summed E-state index contributed by atoms with van der Waals surface area (Å²) in [4.78, 5) is 26.4. The molecule has 0 aliphatic carbocycles. The first-order chi connectivity index (χ1) is 9.63. The maximum atomic E-state index is 12.4. The van der Waals surface area contributed by atoms with E-state index in [-0.39, 0.29) is 23.5 Å². The second kappa shape index (κ2) is 6.69. The number of hydrogen-bond donors (Lipinski definition) is 0. The fourth-order valence-corrected chi connectivity index (χ4v) is 2.69. The molecule has 1 aromatic rings. The molecule has 2 rings (SSSR count). The molecule has 0 saturated carbocycles. The molecule has 1 aliphatic rings. The van der Waals surface area contributed by atoms with Gasteiger partial charge in [-0.15, -0.1) is 0 Å². The van der Waals surface area contributed by atoms with E-state index in [0.717, 1.165) is 24.8 Å². The van der Waals surface area contributed by atoms with Crippen LogP contribution in [-0.2, 0) is 4.79 Å². The summed E-state index contributed by atoms with van der Waals surface area (Å²) < 4.78 is 0. The van der Waals surface area contributed by atoms with Crippen LogP contribution in [-0.4, -0.2) is 29.7 Å². The van der Waals surface area contributed by atoms with Gasteiger partial charge in [-0.3, -0.25) is 9.59 Å². The minimum Gasteiger partial charge on any atom is -0.342 e. The van der Waals surface area contributed by atoms with Gasteiger partial charge in [0.2, 0.25) is 5.91 Å². The third-order valence-corrected chi connectivity index (χ3v) is 4.27. The zero-order chi connectivity index (χ0) is 14.5. The van der Waals surface area contributed by atoms with Gasteiger partial charge < -0.3 is 4.90 Å². The molecule has 20 heavy (non-hydrogen) atoms. The third-order valence-electron chi connectivity index (χ3n) is 4.27. The molecule has 0 N–H and O–H groups in total. The molecule has 0 spiro atoms. The summed E-state index contributed by atoms with van der Waals surface area (Å²) in [6, 6.07) is 9.46. The van der Waals surface area contributed by atoms with Crippen molar-refractivity contribution in [2.24, 2.45) is 11.8 Å². The molecular weight excluding hydrogens is 250 g/mol. The van der Waals surface area contributed by atoms with E-state index in [1.807, 2.05) is 49.1 Å². The molecule has 0 bridgehead atoms. The van der Waals surface area contributed by atoms with Crippen molar-refractivity contribution >= 4 is 11.7 Å².